The maximum Gasteiger partial charge on any atom is 0.416 e. The van der Waals surface area contributed by atoms with Crippen LogP contribution in [0.4, 0.5) is 13.2 Å². The summed E-state index contributed by atoms with van der Waals surface area (Å²) in [6.45, 7) is 3.73. The molecule has 1 aromatic carbocycles. The van der Waals surface area contributed by atoms with Gasteiger partial charge >= 0.3 is 6.18 Å². The van der Waals surface area contributed by atoms with E-state index in [1.54, 1.807) is 0 Å². The van der Waals surface area contributed by atoms with Crippen molar-refractivity contribution in [2.75, 3.05) is 0 Å². The van der Waals surface area contributed by atoms with E-state index < -0.39 is 11.7 Å². The van der Waals surface area contributed by atoms with Crippen molar-refractivity contribution >= 4 is 0 Å². The van der Waals surface area contributed by atoms with Crippen LogP contribution in [0.3, 0.4) is 0 Å². The van der Waals surface area contributed by atoms with Gasteiger partial charge in [-0.3, -0.25) is 0 Å². The minimum absolute atomic E-state index is 0.0849. The molecule has 1 aromatic rings. The van der Waals surface area contributed by atoms with E-state index in [4.69, 9.17) is 5.26 Å². The summed E-state index contributed by atoms with van der Waals surface area (Å²) in [7, 11) is 0. The monoisotopic (exact) mass is 227 g/mol. The van der Waals surface area contributed by atoms with E-state index in [1.165, 1.54) is 12.1 Å². The van der Waals surface area contributed by atoms with Gasteiger partial charge in [-0.15, -0.1) is 0 Å². The van der Waals surface area contributed by atoms with Crippen molar-refractivity contribution in [3.05, 3.63) is 35.4 Å². The van der Waals surface area contributed by atoms with Crippen LogP contribution in [-0.4, -0.2) is 0 Å². The van der Waals surface area contributed by atoms with Crippen LogP contribution in [0.15, 0.2) is 24.3 Å². The number of nitrogens with zero attached hydrogens (tertiary/aromatic N) is 1. The molecule has 0 fully saturated rings. The molecule has 0 radical (unpaired) electrons. The second kappa shape index (κ2) is 4.56. The molecule has 1 atom stereocenters. The first kappa shape index (κ1) is 12.6. The molecule has 1 unspecified atom stereocenters. The zero-order chi connectivity index (χ0) is 12.3. The van der Waals surface area contributed by atoms with Crippen molar-refractivity contribution < 1.29 is 13.2 Å². The number of hydrogen-bond acceptors (Lipinski definition) is 1. The predicted octanol–water partition coefficient (Wildman–Crippen LogP) is 3.97. The molecule has 0 bridgehead atoms. The van der Waals surface area contributed by atoms with Crippen LogP contribution in [0, 0.1) is 17.2 Å². The van der Waals surface area contributed by atoms with Crippen molar-refractivity contribution in [3.63, 3.8) is 0 Å². The molecular formula is C12H12F3N. The average molecular weight is 227 g/mol. The van der Waals surface area contributed by atoms with E-state index in [1.807, 2.05) is 13.8 Å². The first-order valence-electron chi connectivity index (χ1n) is 4.93. The summed E-state index contributed by atoms with van der Waals surface area (Å²) in [5.74, 6) is -0.274. The van der Waals surface area contributed by atoms with Gasteiger partial charge in [0.2, 0.25) is 0 Å². The lowest BCUT2D eigenvalue weighted by molar-refractivity contribution is -0.137. The highest BCUT2D eigenvalue weighted by molar-refractivity contribution is 5.30. The molecule has 0 N–H and O–H groups in total. The Balaban J connectivity index is 3.00. The molecular weight excluding hydrogens is 215 g/mol. The van der Waals surface area contributed by atoms with Crippen molar-refractivity contribution in [1.29, 1.82) is 5.26 Å². The fourth-order valence-electron chi connectivity index (χ4n) is 1.49. The number of rotatable bonds is 2. The largest absolute Gasteiger partial charge is 0.416 e. The summed E-state index contributed by atoms with van der Waals surface area (Å²) >= 11 is 0. The van der Waals surface area contributed by atoms with Crippen molar-refractivity contribution in [3.8, 4) is 6.07 Å². The van der Waals surface area contributed by atoms with Crippen LogP contribution < -0.4 is 0 Å². The summed E-state index contributed by atoms with van der Waals surface area (Å²) in [5, 5.41) is 8.91. The summed E-state index contributed by atoms with van der Waals surface area (Å²) in [5.41, 5.74) is -0.0535. The van der Waals surface area contributed by atoms with Crippen LogP contribution >= 0.6 is 0 Å². The van der Waals surface area contributed by atoms with E-state index in [2.05, 4.69) is 6.07 Å². The highest BCUT2D eigenvalue weighted by atomic mass is 19.4. The van der Waals surface area contributed by atoms with E-state index in [0.29, 0.717) is 5.56 Å². The summed E-state index contributed by atoms with van der Waals surface area (Å²) in [4.78, 5) is 0. The van der Waals surface area contributed by atoms with Gasteiger partial charge in [0.25, 0.3) is 0 Å². The lowest BCUT2D eigenvalue weighted by atomic mass is 9.89. The Bertz CT molecular complexity index is 384. The first-order valence-corrected chi connectivity index (χ1v) is 4.93. The molecule has 0 heterocycles. The Hall–Kier alpha value is -1.50. The summed E-state index contributed by atoms with van der Waals surface area (Å²) < 4.78 is 36.9. The van der Waals surface area contributed by atoms with Crippen LogP contribution in [0.5, 0.6) is 0 Å². The van der Waals surface area contributed by atoms with Crippen LogP contribution in [-0.2, 0) is 6.18 Å². The zero-order valence-corrected chi connectivity index (χ0v) is 9.05. The second-order valence-electron chi connectivity index (χ2n) is 3.97. The Morgan fingerprint density at radius 3 is 1.94 bits per heavy atom. The number of nitriles is 1. The molecule has 4 heteroatoms. The lowest BCUT2D eigenvalue weighted by Crippen LogP contribution is -2.07. The molecule has 1 nitrogen and oxygen atoms in total. The Morgan fingerprint density at radius 1 is 1.12 bits per heavy atom. The predicted molar refractivity (Wildman–Crippen MR) is 54.6 cm³/mol. The molecule has 0 aliphatic carbocycles. The van der Waals surface area contributed by atoms with Crippen molar-refractivity contribution in [2.24, 2.45) is 5.92 Å². The smallest absolute Gasteiger partial charge is 0.198 e. The molecule has 0 amide bonds. The van der Waals surface area contributed by atoms with E-state index in [9.17, 15) is 13.2 Å². The maximum absolute atomic E-state index is 12.3. The van der Waals surface area contributed by atoms with Gasteiger partial charge in [0.1, 0.15) is 0 Å². The number of halogens is 3. The van der Waals surface area contributed by atoms with E-state index >= 15 is 0 Å². The number of hydrogen-bond donors (Lipinski definition) is 0. The molecule has 0 aliphatic rings. The Morgan fingerprint density at radius 2 is 1.62 bits per heavy atom. The van der Waals surface area contributed by atoms with Gasteiger partial charge in [-0.2, -0.15) is 18.4 Å². The SMILES string of the molecule is CC(C)C(C#N)c1ccc(C(F)(F)F)cc1. The number of alkyl halides is 3. The minimum atomic E-state index is -4.32. The average Bonchev–Trinajstić information content (AvgIpc) is 2.17. The van der Waals surface area contributed by atoms with Gasteiger partial charge in [-0.1, -0.05) is 26.0 Å². The molecule has 0 saturated carbocycles. The molecule has 16 heavy (non-hydrogen) atoms. The van der Waals surface area contributed by atoms with Gasteiger partial charge in [-0.05, 0) is 23.6 Å². The fraction of sp³-hybridized carbons (Fsp3) is 0.417. The third kappa shape index (κ3) is 2.75. The molecule has 0 aromatic heterocycles. The zero-order valence-electron chi connectivity index (χ0n) is 9.05. The fourth-order valence-corrected chi connectivity index (χ4v) is 1.49. The van der Waals surface area contributed by atoms with Gasteiger partial charge in [-0.25, -0.2) is 0 Å². The molecule has 0 spiro atoms. The van der Waals surface area contributed by atoms with Crippen molar-refractivity contribution in [1.82, 2.24) is 0 Å². The normalized spacial score (nSPS) is 13.6. The van der Waals surface area contributed by atoms with Gasteiger partial charge < -0.3 is 0 Å². The third-order valence-corrected chi connectivity index (χ3v) is 2.40. The maximum atomic E-state index is 12.3. The lowest BCUT2D eigenvalue weighted by Gasteiger charge is -2.14. The quantitative estimate of drug-likeness (QED) is 0.749. The Labute approximate surface area is 92.5 Å². The molecule has 1 rings (SSSR count). The molecule has 86 valence electrons. The minimum Gasteiger partial charge on any atom is -0.198 e. The van der Waals surface area contributed by atoms with Gasteiger partial charge in [0, 0.05) is 0 Å². The summed E-state index contributed by atoms with van der Waals surface area (Å²) in [6, 6.07) is 6.87. The highest BCUT2D eigenvalue weighted by Gasteiger charge is 2.30. The van der Waals surface area contributed by atoms with E-state index in [0.717, 1.165) is 12.1 Å². The second-order valence-corrected chi connectivity index (χ2v) is 3.97. The Kier molecular flexibility index (Phi) is 3.58. The van der Waals surface area contributed by atoms with Crippen LogP contribution in [0.25, 0.3) is 0 Å². The van der Waals surface area contributed by atoms with Crippen LogP contribution in [0.1, 0.15) is 30.9 Å². The molecule has 0 aliphatic heterocycles. The first-order chi connectivity index (χ1) is 7.36. The van der Waals surface area contributed by atoms with E-state index in [-0.39, 0.29) is 11.8 Å². The van der Waals surface area contributed by atoms with Crippen molar-refractivity contribution in [2.45, 2.75) is 25.9 Å². The topological polar surface area (TPSA) is 23.8 Å². The molecule has 0 saturated heterocycles. The van der Waals surface area contributed by atoms with Crippen LogP contribution in [0.2, 0.25) is 0 Å². The summed E-state index contributed by atoms with van der Waals surface area (Å²) in [6.07, 6.45) is -4.32. The van der Waals surface area contributed by atoms with Gasteiger partial charge in [0.15, 0.2) is 0 Å². The standard InChI is InChI=1S/C12H12F3N/c1-8(2)11(7-16)9-3-5-10(6-4-9)12(13,14)15/h3-6,8,11H,1-2H3. The third-order valence-electron chi connectivity index (χ3n) is 2.40. The number of benzene rings is 1. The van der Waals surface area contributed by atoms with Gasteiger partial charge in [0.05, 0.1) is 17.6 Å². The highest BCUT2D eigenvalue weighted by Crippen LogP contribution is 2.31.